The number of halogens is 2. The second-order valence-electron chi connectivity index (χ2n) is 4.06. The minimum absolute atomic E-state index is 0.340. The topological polar surface area (TPSA) is 20.3 Å². The number of rotatable bonds is 2. The maximum Gasteiger partial charge on any atom is 0.263 e. The van der Waals surface area contributed by atoms with E-state index >= 15 is 0 Å². The van der Waals surface area contributed by atoms with E-state index in [4.69, 9.17) is 0 Å². The Bertz CT molecular complexity index is 390. The van der Waals surface area contributed by atoms with Crippen LogP contribution < -0.4 is 4.90 Å². The second kappa shape index (κ2) is 3.01. The summed E-state index contributed by atoms with van der Waals surface area (Å²) >= 11 is 1.43. The summed E-state index contributed by atoms with van der Waals surface area (Å²) in [5.41, 5.74) is -0.821. The zero-order chi connectivity index (χ0) is 11.3. The van der Waals surface area contributed by atoms with Gasteiger partial charge in [-0.05, 0) is 18.4 Å². The normalized spacial score (nSPS) is 27.5. The summed E-state index contributed by atoms with van der Waals surface area (Å²) < 4.78 is 26.0. The molecule has 0 aromatic carbocycles. The fourth-order valence-electron chi connectivity index (χ4n) is 1.57. The molecule has 1 heterocycles. The number of hydrogen-bond donors (Lipinski definition) is 0. The lowest BCUT2D eigenvalue weighted by molar-refractivity contribution is -0.126. The molecule has 2 nitrogen and oxygen atoms in total. The van der Waals surface area contributed by atoms with Crippen molar-refractivity contribution in [2.45, 2.75) is 19.3 Å². The second-order valence-corrected chi connectivity index (χ2v) is 4.84. The average Bonchev–Trinajstić information content (AvgIpc) is 2.62. The van der Waals surface area contributed by atoms with Crippen molar-refractivity contribution in [3.8, 4) is 0 Å². The largest absolute Gasteiger partial charge is 0.314 e. The number of amides is 1. The molecule has 0 N–H and O–H groups in total. The predicted molar refractivity (Wildman–Crippen MR) is 55.4 cm³/mol. The van der Waals surface area contributed by atoms with Gasteiger partial charge in [0.15, 0.2) is 0 Å². The van der Waals surface area contributed by atoms with Crippen molar-refractivity contribution in [1.29, 1.82) is 0 Å². The Labute approximate surface area is 90.5 Å². The molecule has 1 saturated carbocycles. The summed E-state index contributed by atoms with van der Waals surface area (Å²) in [6, 6.07) is 1.74. The van der Waals surface area contributed by atoms with Gasteiger partial charge in [0.05, 0.1) is 5.69 Å². The van der Waals surface area contributed by atoms with Crippen LogP contribution in [0.4, 0.5) is 14.5 Å². The zero-order valence-electron chi connectivity index (χ0n) is 8.46. The number of anilines is 1. The maximum atomic E-state index is 13.0. The van der Waals surface area contributed by atoms with Crippen LogP contribution in [0, 0.1) is 5.41 Å². The van der Waals surface area contributed by atoms with E-state index in [9.17, 15) is 13.6 Å². The summed E-state index contributed by atoms with van der Waals surface area (Å²) in [4.78, 5) is 13.1. The molecule has 1 amide bonds. The Morgan fingerprint density at radius 1 is 1.60 bits per heavy atom. The Kier molecular flexibility index (Phi) is 2.12. The van der Waals surface area contributed by atoms with E-state index in [-0.39, 0.29) is 6.42 Å². The number of alkyl halides is 2. The van der Waals surface area contributed by atoms with Gasteiger partial charge in [-0.2, -0.15) is 11.3 Å². The molecule has 0 bridgehead atoms. The van der Waals surface area contributed by atoms with Crippen LogP contribution in [0.2, 0.25) is 0 Å². The summed E-state index contributed by atoms with van der Waals surface area (Å²) in [5, 5.41) is 3.58. The molecule has 1 aliphatic carbocycles. The lowest BCUT2D eigenvalue weighted by Crippen LogP contribution is -2.35. The fourth-order valence-corrected chi connectivity index (χ4v) is 2.24. The molecule has 1 unspecified atom stereocenters. The third-order valence-electron chi connectivity index (χ3n) is 2.93. The molecular weight excluding hydrogens is 220 g/mol. The molecule has 0 spiro atoms. The van der Waals surface area contributed by atoms with Gasteiger partial charge in [0.25, 0.3) is 5.92 Å². The standard InChI is InChI=1S/C10H11F2NOS/c1-9(6-10(9,11)12)8(14)13(2)7-3-4-15-5-7/h3-5H,6H2,1-2H3. The van der Waals surface area contributed by atoms with E-state index in [2.05, 4.69) is 0 Å². The number of nitrogens with zero attached hydrogens (tertiary/aromatic N) is 1. The van der Waals surface area contributed by atoms with Crippen LogP contribution in [0.25, 0.3) is 0 Å². The van der Waals surface area contributed by atoms with Crippen LogP contribution in [0.5, 0.6) is 0 Å². The molecule has 1 aromatic rings. The third kappa shape index (κ3) is 1.45. The monoisotopic (exact) mass is 231 g/mol. The van der Waals surface area contributed by atoms with Crippen LogP contribution in [0.15, 0.2) is 16.8 Å². The van der Waals surface area contributed by atoms with E-state index in [1.807, 2.05) is 5.38 Å². The lowest BCUT2D eigenvalue weighted by atomic mass is 10.1. The van der Waals surface area contributed by atoms with Crippen molar-refractivity contribution in [3.05, 3.63) is 16.8 Å². The Morgan fingerprint density at radius 3 is 2.60 bits per heavy atom. The van der Waals surface area contributed by atoms with E-state index in [1.54, 1.807) is 11.4 Å². The average molecular weight is 231 g/mol. The number of thiophene rings is 1. The molecule has 1 atom stereocenters. The molecule has 0 radical (unpaired) electrons. The van der Waals surface area contributed by atoms with Crippen LogP contribution in [0.1, 0.15) is 13.3 Å². The zero-order valence-corrected chi connectivity index (χ0v) is 9.28. The Balaban J connectivity index is 2.17. The summed E-state index contributed by atoms with van der Waals surface area (Å²) in [7, 11) is 1.53. The van der Waals surface area contributed by atoms with Gasteiger partial charge in [0, 0.05) is 18.8 Å². The Hall–Kier alpha value is -0.970. The minimum Gasteiger partial charge on any atom is -0.314 e. The van der Waals surface area contributed by atoms with E-state index < -0.39 is 17.2 Å². The molecule has 0 aliphatic heterocycles. The summed E-state index contributed by atoms with van der Waals surface area (Å²) in [6.45, 7) is 1.32. The molecule has 1 aromatic heterocycles. The first-order valence-electron chi connectivity index (χ1n) is 4.57. The fraction of sp³-hybridized carbons (Fsp3) is 0.500. The number of carbonyl (C=O) groups excluding carboxylic acids is 1. The SMILES string of the molecule is CN(C(=O)C1(C)CC1(F)F)c1ccsc1. The molecule has 1 aliphatic rings. The van der Waals surface area contributed by atoms with Crippen LogP contribution in [-0.4, -0.2) is 18.9 Å². The van der Waals surface area contributed by atoms with Gasteiger partial charge in [-0.15, -0.1) is 0 Å². The first-order valence-corrected chi connectivity index (χ1v) is 5.51. The van der Waals surface area contributed by atoms with E-state index in [0.717, 1.165) is 0 Å². The minimum atomic E-state index is -2.84. The smallest absolute Gasteiger partial charge is 0.263 e. The summed E-state index contributed by atoms with van der Waals surface area (Å²) in [6.07, 6.45) is -0.340. The van der Waals surface area contributed by atoms with E-state index in [0.29, 0.717) is 5.69 Å². The molecule has 1 fully saturated rings. The van der Waals surface area contributed by atoms with E-state index in [1.165, 1.54) is 30.2 Å². The quantitative estimate of drug-likeness (QED) is 0.766. The first kappa shape index (κ1) is 10.5. The highest BCUT2D eigenvalue weighted by atomic mass is 32.1. The molecule has 82 valence electrons. The molecular formula is C10H11F2NOS. The van der Waals surface area contributed by atoms with Gasteiger partial charge in [-0.1, -0.05) is 0 Å². The van der Waals surface area contributed by atoms with Gasteiger partial charge < -0.3 is 4.90 Å². The van der Waals surface area contributed by atoms with Crippen molar-refractivity contribution in [3.63, 3.8) is 0 Å². The molecule has 0 saturated heterocycles. The van der Waals surface area contributed by atoms with Crippen molar-refractivity contribution < 1.29 is 13.6 Å². The maximum absolute atomic E-state index is 13.0. The van der Waals surface area contributed by atoms with Gasteiger partial charge in [0.1, 0.15) is 5.41 Å². The van der Waals surface area contributed by atoms with Crippen molar-refractivity contribution in [2.75, 3.05) is 11.9 Å². The highest BCUT2D eigenvalue weighted by Gasteiger charge is 2.73. The van der Waals surface area contributed by atoms with Crippen molar-refractivity contribution >= 4 is 22.9 Å². The van der Waals surface area contributed by atoms with Crippen molar-refractivity contribution in [2.24, 2.45) is 5.41 Å². The molecule has 15 heavy (non-hydrogen) atoms. The molecule has 2 rings (SSSR count). The summed E-state index contributed by atoms with van der Waals surface area (Å²) in [5.74, 6) is -3.35. The third-order valence-corrected chi connectivity index (χ3v) is 3.60. The highest BCUT2D eigenvalue weighted by molar-refractivity contribution is 7.08. The van der Waals surface area contributed by atoms with Gasteiger partial charge in [0.2, 0.25) is 5.91 Å². The number of carbonyl (C=O) groups is 1. The van der Waals surface area contributed by atoms with Gasteiger partial charge >= 0.3 is 0 Å². The van der Waals surface area contributed by atoms with Crippen LogP contribution >= 0.6 is 11.3 Å². The first-order chi connectivity index (χ1) is 6.88. The Morgan fingerprint density at radius 2 is 2.20 bits per heavy atom. The number of hydrogen-bond acceptors (Lipinski definition) is 2. The highest BCUT2D eigenvalue weighted by Crippen LogP contribution is 2.61. The predicted octanol–water partition coefficient (Wildman–Crippen LogP) is 2.76. The lowest BCUT2D eigenvalue weighted by Gasteiger charge is -2.19. The van der Waals surface area contributed by atoms with Crippen LogP contribution in [0.3, 0.4) is 0 Å². The van der Waals surface area contributed by atoms with Crippen LogP contribution in [-0.2, 0) is 4.79 Å². The van der Waals surface area contributed by atoms with Gasteiger partial charge in [-0.3, -0.25) is 4.79 Å². The van der Waals surface area contributed by atoms with Crippen molar-refractivity contribution in [1.82, 2.24) is 0 Å². The van der Waals surface area contributed by atoms with Gasteiger partial charge in [-0.25, -0.2) is 8.78 Å². The molecule has 5 heteroatoms.